The highest BCUT2D eigenvalue weighted by molar-refractivity contribution is 6.30. The number of nitro groups is 2. The fourth-order valence-corrected chi connectivity index (χ4v) is 2.45. The molecule has 1 aromatic heterocycles. The van der Waals surface area contributed by atoms with Crippen LogP contribution in [-0.2, 0) is 0 Å². The van der Waals surface area contributed by atoms with Gasteiger partial charge in [0.1, 0.15) is 17.2 Å². The lowest BCUT2D eigenvalue weighted by Gasteiger charge is -2.01. The van der Waals surface area contributed by atoms with Gasteiger partial charge in [-0.15, -0.1) is 0 Å². The first-order valence-corrected chi connectivity index (χ1v) is 7.89. The molecule has 3 aromatic rings. The molecule has 2 aromatic carbocycles. The third kappa shape index (κ3) is 4.28. The molecule has 1 heterocycles. The fourth-order valence-electron chi connectivity index (χ4n) is 2.26. The van der Waals surface area contributed by atoms with Gasteiger partial charge in [0.15, 0.2) is 0 Å². The Labute approximate surface area is 157 Å². The standard InChI is InChI=1S/C17H11ClN4O5/c18-12-3-1-2-11(8-12)17-7-5-14(27-17)10-19-20-15-6-4-13(21(23)24)9-16(15)22(25)26/h1-10,20H/b19-10+. The summed E-state index contributed by atoms with van der Waals surface area (Å²) in [6.45, 7) is 0. The Kier molecular flexibility index (Phi) is 5.13. The largest absolute Gasteiger partial charge is 0.455 e. The zero-order valence-corrected chi connectivity index (χ0v) is 14.3. The minimum absolute atomic E-state index is 0.0171. The predicted octanol–water partition coefficient (Wildman–Crippen LogP) is 4.86. The second-order valence-corrected chi connectivity index (χ2v) is 5.73. The molecule has 0 radical (unpaired) electrons. The van der Waals surface area contributed by atoms with E-state index in [4.69, 9.17) is 16.0 Å². The van der Waals surface area contributed by atoms with E-state index < -0.39 is 15.5 Å². The number of non-ortho nitro benzene ring substituents is 1. The van der Waals surface area contributed by atoms with Gasteiger partial charge in [-0.3, -0.25) is 25.7 Å². The van der Waals surface area contributed by atoms with E-state index in [9.17, 15) is 20.2 Å². The Bertz CT molecular complexity index is 1050. The average Bonchev–Trinajstić information content (AvgIpc) is 3.10. The van der Waals surface area contributed by atoms with E-state index in [0.717, 1.165) is 17.7 Å². The Morgan fingerprint density at radius 1 is 1.04 bits per heavy atom. The molecule has 0 amide bonds. The number of rotatable bonds is 6. The highest BCUT2D eigenvalue weighted by Gasteiger charge is 2.19. The number of hydrogen-bond donors (Lipinski definition) is 1. The summed E-state index contributed by atoms with van der Waals surface area (Å²) in [6, 6.07) is 13.8. The highest BCUT2D eigenvalue weighted by atomic mass is 35.5. The van der Waals surface area contributed by atoms with E-state index >= 15 is 0 Å². The molecule has 136 valence electrons. The molecule has 9 nitrogen and oxygen atoms in total. The van der Waals surface area contributed by atoms with Crippen molar-refractivity contribution in [3.8, 4) is 11.3 Å². The summed E-state index contributed by atoms with van der Waals surface area (Å²) in [7, 11) is 0. The minimum Gasteiger partial charge on any atom is -0.455 e. The summed E-state index contributed by atoms with van der Waals surface area (Å²) in [6.07, 6.45) is 1.33. The van der Waals surface area contributed by atoms with E-state index in [0.29, 0.717) is 16.5 Å². The fraction of sp³-hybridized carbons (Fsp3) is 0. The zero-order chi connectivity index (χ0) is 19.4. The normalized spacial score (nSPS) is 10.9. The van der Waals surface area contributed by atoms with Crippen LogP contribution < -0.4 is 5.43 Å². The number of nitrogens with zero attached hydrogens (tertiary/aromatic N) is 3. The number of hydrazone groups is 1. The van der Waals surface area contributed by atoms with E-state index in [2.05, 4.69) is 10.5 Å². The second-order valence-electron chi connectivity index (χ2n) is 5.30. The van der Waals surface area contributed by atoms with Gasteiger partial charge in [-0.1, -0.05) is 23.7 Å². The molecule has 0 unspecified atom stereocenters. The number of nitrogens with one attached hydrogen (secondary N) is 1. The molecule has 0 spiro atoms. The molecule has 3 rings (SSSR count). The van der Waals surface area contributed by atoms with Crippen molar-refractivity contribution in [1.29, 1.82) is 0 Å². The molecule has 0 fully saturated rings. The molecule has 27 heavy (non-hydrogen) atoms. The van der Waals surface area contributed by atoms with Gasteiger partial charge >= 0.3 is 5.69 Å². The number of hydrogen-bond acceptors (Lipinski definition) is 7. The smallest absolute Gasteiger partial charge is 0.301 e. The van der Waals surface area contributed by atoms with Gasteiger partial charge in [-0.2, -0.15) is 5.10 Å². The van der Waals surface area contributed by atoms with Crippen LogP contribution in [0.5, 0.6) is 0 Å². The van der Waals surface area contributed by atoms with Gasteiger partial charge in [-0.25, -0.2) is 0 Å². The highest BCUT2D eigenvalue weighted by Crippen LogP contribution is 2.29. The van der Waals surface area contributed by atoms with E-state index in [-0.39, 0.29) is 11.4 Å². The monoisotopic (exact) mass is 386 g/mol. The van der Waals surface area contributed by atoms with Crippen molar-refractivity contribution in [1.82, 2.24) is 0 Å². The Morgan fingerprint density at radius 2 is 1.85 bits per heavy atom. The summed E-state index contributed by atoms with van der Waals surface area (Å²) in [5.74, 6) is 0.988. The van der Waals surface area contributed by atoms with Crippen LogP contribution in [0.4, 0.5) is 17.1 Å². The van der Waals surface area contributed by atoms with Crippen LogP contribution in [0.15, 0.2) is 64.1 Å². The summed E-state index contributed by atoms with van der Waals surface area (Å²) in [5, 5.41) is 26.3. The van der Waals surface area contributed by atoms with Crippen molar-refractivity contribution in [2.75, 3.05) is 5.43 Å². The van der Waals surface area contributed by atoms with Crippen molar-refractivity contribution in [2.45, 2.75) is 0 Å². The van der Waals surface area contributed by atoms with Crippen molar-refractivity contribution in [3.63, 3.8) is 0 Å². The van der Waals surface area contributed by atoms with E-state index in [1.54, 1.807) is 30.3 Å². The van der Waals surface area contributed by atoms with Crippen LogP contribution in [0, 0.1) is 20.2 Å². The van der Waals surface area contributed by atoms with Crippen LogP contribution in [0.1, 0.15) is 5.76 Å². The summed E-state index contributed by atoms with van der Waals surface area (Å²) < 4.78 is 5.62. The molecular formula is C17H11ClN4O5. The van der Waals surface area contributed by atoms with Crippen LogP contribution in [-0.4, -0.2) is 16.1 Å². The number of nitro benzene ring substituents is 2. The number of benzene rings is 2. The summed E-state index contributed by atoms with van der Waals surface area (Å²) in [5.41, 5.74) is 2.46. The third-order valence-corrected chi connectivity index (χ3v) is 3.74. The molecule has 0 bridgehead atoms. The lowest BCUT2D eigenvalue weighted by Crippen LogP contribution is -1.98. The summed E-state index contributed by atoms with van der Waals surface area (Å²) in [4.78, 5) is 20.4. The molecule has 0 aliphatic rings. The maximum atomic E-state index is 11.1. The molecule has 0 saturated heterocycles. The van der Waals surface area contributed by atoms with Crippen molar-refractivity contribution >= 4 is 34.9 Å². The molecule has 1 N–H and O–H groups in total. The van der Waals surface area contributed by atoms with Crippen LogP contribution in [0.2, 0.25) is 5.02 Å². The first kappa shape index (κ1) is 18.1. The topological polar surface area (TPSA) is 124 Å². The number of halogens is 1. The number of anilines is 1. The lowest BCUT2D eigenvalue weighted by atomic mass is 10.2. The van der Waals surface area contributed by atoms with Crippen molar-refractivity contribution < 1.29 is 14.3 Å². The quantitative estimate of drug-likeness (QED) is 0.366. The van der Waals surface area contributed by atoms with Crippen molar-refractivity contribution in [3.05, 3.63) is 85.6 Å². The van der Waals surface area contributed by atoms with Crippen molar-refractivity contribution in [2.24, 2.45) is 5.10 Å². The van der Waals surface area contributed by atoms with E-state index in [1.165, 1.54) is 12.3 Å². The van der Waals surface area contributed by atoms with Gasteiger partial charge < -0.3 is 4.42 Å². The maximum Gasteiger partial charge on any atom is 0.301 e. The predicted molar refractivity (Wildman–Crippen MR) is 100 cm³/mol. The molecule has 0 saturated carbocycles. The Morgan fingerprint density at radius 3 is 2.56 bits per heavy atom. The van der Waals surface area contributed by atoms with Gasteiger partial charge in [0, 0.05) is 16.7 Å². The molecule has 0 aliphatic carbocycles. The molecular weight excluding hydrogens is 376 g/mol. The molecule has 0 atom stereocenters. The third-order valence-electron chi connectivity index (χ3n) is 3.50. The van der Waals surface area contributed by atoms with Crippen LogP contribution >= 0.6 is 11.6 Å². The molecule has 0 aliphatic heterocycles. The molecule has 10 heteroatoms. The maximum absolute atomic E-state index is 11.1. The first-order chi connectivity index (χ1) is 12.9. The average molecular weight is 387 g/mol. The minimum atomic E-state index is -0.727. The van der Waals surface area contributed by atoms with Gasteiger partial charge in [0.25, 0.3) is 5.69 Å². The SMILES string of the molecule is O=[N+]([O-])c1ccc(N/N=C/c2ccc(-c3cccc(Cl)c3)o2)c([N+](=O)[O-])c1. The van der Waals surface area contributed by atoms with Gasteiger partial charge in [0.2, 0.25) is 0 Å². The Balaban J connectivity index is 1.76. The first-order valence-electron chi connectivity index (χ1n) is 7.52. The van der Waals surface area contributed by atoms with Gasteiger partial charge in [-0.05, 0) is 30.3 Å². The second kappa shape index (κ2) is 7.67. The van der Waals surface area contributed by atoms with Crippen LogP contribution in [0.3, 0.4) is 0 Å². The summed E-state index contributed by atoms with van der Waals surface area (Å²) >= 11 is 5.95. The van der Waals surface area contributed by atoms with Crippen LogP contribution in [0.25, 0.3) is 11.3 Å². The van der Waals surface area contributed by atoms with E-state index in [1.807, 2.05) is 6.07 Å². The van der Waals surface area contributed by atoms with Gasteiger partial charge in [0.05, 0.1) is 22.1 Å². The number of furan rings is 1. The lowest BCUT2D eigenvalue weighted by molar-refractivity contribution is -0.393. The Hall–Kier alpha value is -3.72. The zero-order valence-electron chi connectivity index (χ0n) is 13.5.